The molecule has 1 saturated heterocycles. The fourth-order valence-electron chi connectivity index (χ4n) is 2.81. The minimum absolute atomic E-state index is 0.00174. The van der Waals surface area contributed by atoms with Crippen molar-refractivity contribution in [3.8, 4) is 0 Å². The van der Waals surface area contributed by atoms with Crippen molar-refractivity contribution >= 4 is 35.2 Å². The van der Waals surface area contributed by atoms with Gasteiger partial charge in [-0.05, 0) is 25.0 Å². The van der Waals surface area contributed by atoms with E-state index in [1.54, 1.807) is 0 Å². The standard InChI is InChI=1S/C16H19N3O7S/c17-15(23)10-1-2-12(11(7-10)19(24)25)27-9-13(20)18-16(8-14(21)22)3-5-26-6-4-16/h1-2,7H,3-6,8-9H2,(H2,17,23)(H,18,20)(H,21,22). The SMILES string of the molecule is NC(=O)c1ccc(SCC(=O)NC2(CC(=O)O)CCOCC2)c([N+](=O)[O-])c1. The molecule has 0 aliphatic carbocycles. The molecule has 0 aromatic heterocycles. The lowest BCUT2D eigenvalue weighted by molar-refractivity contribution is -0.387. The zero-order chi connectivity index (χ0) is 20.0. The molecule has 11 heteroatoms. The maximum atomic E-state index is 12.3. The highest BCUT2D eigenvalue weighted by Crippen LogP contribution is 2.31. The number of carbonyl (C=O) groups is 3. The Kier molecular flexibility index (Phi) is 6.75. The molecule has 1 heterocycles. The number of hydrogen-bond acceptors (Lipinski definition) is 7. The van der Waals surface area contributed by atoms with Crippen LogP contribution in [-0.4, -0.2) is 52.3 Å². The van der Waals surface area contributed by atoms with E-state index in [0.717, 1.165) is 17.8 Å². The van der Waals surface area contributed by atoms with Crippen molar-refractivity contribution in [1.29, 1.82) is 0 Å². The molecule has 1 aliphatic rings. The van der Waals surface area contributed by atoms with Gasteiger partial charge in [0.15, 0.2) is 0 Å². The number of carbonyl (C=O) groups excluding carboxylic acids is 2. The van der Waals surface area contributed by atoms with Crippen LogP contribution in [0, 0.1) is 10.1 Å². The summed E-state index contributed by atoms with van der Waals surface area (Å²) >= 11 is 0.926. The first-order valence-corrected chi connectivity index (χ1v) is 9.02. The quantitative estimate of drug-likeness (QED) is 0.331. The maximum absolute atomic E-state index is 12.3. The van der Waals surface area contributed by atoms with Crippen LogP contribution in [0.1, 0.15) is 29.6 Å². The molecule has 0 bridgehead atoms. The van der Waals surface area contributed by atoms with Gasteiger partial charge in [0, 0.05) is 24.8 Å². The van der Waals surface area contributed by atoms with Gasteiger partial charge in [-0.3, -0.25) is 24.5 Å². The number of rotatable bonds is 8. The lowest BCUT2D eigenvalue weighted by Crippen LogP contribution is -2.53. The molecule has 146 valence electrons. The predicted molar refractivity (Wildman–Crippen MR) is 95.5 cm³/mol. The third-order valence-electron chi connectivity index (χ3n) is 4.14. The van der Waals surface area contributed by atoms with Crippen molar-refractivity contribution in [3.05, 3.63) is 33.9 Å². The molecule has 0 saturated carbocycles. The van der Waals surface area contributed by atoms with Gasteiger partial charge in [-0.1, -0.05) is 0 Å². The lowest BCUT2D eigenvalue weighted by Gasteiger charge is -2.36. The number of carboxylic acid groups (broad SMARTS) is 1. The Morgan fingerprint density at radius 3 is 2.56 bits per heavy atom. The van der Waals surface area contributed by atoms with Gasteiger partial charge < -0.3 is 20.9 Å². The number of ether oxygens (including phenoxy) is 1. The van der Waals surface area contributed by atoms with Crippen LogP contribution in [0.2, 0.25) is 0 Å². The highest BCUT2D eigenvalue weighted by molar-refractivity contribution is 8.00. The summed E-state index contributed by atoms with van der Waals surface area (Å²) in [5.41, 5.74) is 3.91. The van der Waals surface area contributed by atoms with Crippen LogP contribution in [0.4, 0.5) is 5.69 Å². The van der Waals surface area contributed by atoms with E-state index in [2.05, 4.69) is 5.32 Å². The number of carboxylic acids is 1. The number of thioether (sulfide) groups is 1. The molecule has 1 aromatic rings. The number of nitro groups is 1. The largest absolute Gasteiger partial charge is 0.481 e. The van der Waals surface area contributed by atoms with Crippen molar-refractivity contribution < 1.29 is 29.2 Å². The average Bonchev–Trinajstić information content (AvgIpc) is 2.59. The average molecular weight is 397 g/mol. The van der Waals surface area contributed by atoms with E-state index in [-0.39, 0.29) is 28.3 Å². The summed E-state index contributed by atoms with van der Waals surface area (Å²) in [5.74, 6) is -2.39. The molecule has 10 nitrogen and oxygen atoms in total. The van der Waals surface area contributed by atoms with Crippen LogP contribution in [0.15, 0.2) is 23.1 Å². The molecule has 1 fully saturated rings. The number of benzene rings is 1. The topological polar surface area (TPSA) is 162 Å². The zero-order valence-electron chi connectivity index (χ0n) is 14.3. The normalized spacial score (nSPS) is 15.7. The third-order valence-corrected chi connectivity index (χ3v) is 5.21. The summed E-state index contributed by atoms with van der Waals surface area (Å²) in [7, 11) is 0. The summed E-state index contributed by atoms with van der Waals surface area (Å²) in [5, 5.41) is 23.0. The number of hydrogen-bond donors (Lipinski definition) is 3. The van der Waals surface area contributed by atoms with E-state index in [4.69, 9.17) is 15.6 Å². The van der Waals surface area contributed by atoms with Gasteiger partial charge in [-0.15, -0.1) is 11.8 Å². The summed E-state index contributed by atoms with van der Waals surface area (Å²) < 4.78 is 5.23. The number of primary amides is 1. The molecular formula is C16H19N3O7S. The van der Waals surface area contributed by atoms with E-state index in [1.807, 2.05) is 0 Å². The first kappa shape index (κ1) is 20.6. The highest BCUT2D eigenvalue weighted by Gasteiger charge is 2.36. The summed E-state index contributed by atoms with van der Waals surface area (Å²) in [6.07, 6.45) is 0.534. The Morgan fingerprint density at radius 1 is 1.33 bits per heavy atom. The molecule has 0 unspecified atom stereocenters. The first-order chi connectivity index (χ1) is 12.7. The van der Waals surface area contributed by atoms with Crippen molar-refractivity contribution in [2.24, 2.45) is 5.73 Å². The second kappa shape index (κ2) is 8.82. The number of nitrogens with one attached hydrogen (secondary N) is 1. The van der Waals surface area contributed by atoms with Crippen molar-refractivity contribution in [1.82, 2.24) is 5.32 Å². The van der Waals surface area contributed by atoms with Crippen LogP contribution in [0.25, 0.3) is 0 Å². The Balaban J connectivity index is 2.07. The van der Waals surface area contributed by atoms with Crippen LogP contribution < -0.4 is 11.1 Å². The number of nitrogens with zero attached hydrogens (tertiary/aromatic N) is 1. The molecule has 1 aromatic carbocycles. The van der Waals surface area contributed by atoms with Crippen LogP contribution in [0.5, 0.6) is 0 Å². The fraction of sp³-hybridized carbons (Fsp3) is 0.438. The van der Waals surface area contributed by atoms with Gasteiger partial charge in [-0.25, -0.2) is 0 Å². The van der Waals surface area contributed by atoms with E-state index < -0.39 is 28.2 Å². The molecule has 2 rings (SSSR count). The number of amides is 2. The zero-order valence-corrected chi connectivity index (χ0v) is 15.1. The summed E-state index contributed by atoms with van der Waals surface area (Å²) in [4.78, 5) is 45.4. The molecule has 0 atom stereocenters. The molecule has 4 N–H and O–H groups in total. The smallest absolute Gasteiger partial charge is 0.305 e. The molecule has 1 aliphatic heterocycles. The Hall–Kier alpha value is -2.66. The Bertz CT molecular complexity index is 762. The van der Waals surface area contributed by atoms with Gasteiger partial charge in [0.05, 0.1) is 27.5 Å². The minimum Gasteiger partial charge on any atom is -0.481 e. The lowest BCUT2D eigenvalue weighted by atomic mass is 9.86. The van der Waals surface area contributed by atoms with Gasteiger partial charge in [0.25, 0.3) is 5.69 Å². The van der Waals surface area contributed by atoms with Crippen molar-refractivity contribution in [3.63, 3.8) is 0 Å². The monoisotopic (exact) mass is 397 g/mol. The maximum Gasteiger partial charge on any atom is 0.305 e. The molecule has 0 radical (unpaired) electrons. The number of aliphatic carboxylic acids is 1. The van der Waals surface area contributed by atoms with Gasteiger partial charge in [0.2, 0.25) is 11.8 Å². The Morgan fingerprint density at radius 2 is 2.00 bits per heavy atom. The predicted octanol–water partition coefficient (Wildman–Crippen LogP) is 0.926. The van der Waals surface area contributed by atoms with Crippen LogP contribution >= 0.6 is 11.8 Å². The summed E-state index contributed by atoms with van der Waals surface area (Å²) in [6, 6.07) is 3.77. The molecule has 2 amide bonds. The van der Waals surface area contributed by atoms with Gasteiger partial charge >= 0.3 is 5.97 Å². The van der Waals surface area contributed by atoms with E-state index in [0.29, 0.717) is 26.1 Å². The van der Waals surface area contributed by atoms with E-state index in [1.165, 1.54) is 12.1 Å². The van der Waals surface area contributed by atoms with E-state index >= 15 is 0 Å². The van der Waals surface area contributed by atoms with Crippen LogP contribution in [0.3, 0.4) is 0 Å². The molecular weight excluding hydrogens is 378 g/mol. The second-order valence-electron chi connectivity index (χ2n) is 6.10. The first-order valence-electron chi connectivity index (χ1n) is 8.04. The summed E-state index contributed by atoms with van der Waals surface area (Å²) in [6.45, 7) is 0.696. The Labute approximate surface area is 158 Å². The molecule has 0 spiro atoms. The number of nitro benzene ring substituents is 1. The van der Waals surface area contributed by atoms with Gasteiger partial charge in [-0.2, -0.15) is 0 Å². The third kappa shape index (κ3) is 5.66. The highest BCUT2D eigenvalue weighted by atomic mass is 32.2. The second-order valence-corrected chi connectivity index (χ2v) is 7.12. The van der Waals surface area contributed by atoms with Crippen molar-refractivity contribution in [2.75, 3.05) is 19.0 Å². The minimum atomic E-state index is -1.03. The van der Waals surface area contributed by atoms with Gasteiger partial charge in [0.1, 0.15) is 0 Å². The molecule has 27 heavy (non-hydrogen) atoms. The fourth-order valence-corrected chi connectivity index (χ4v) is 3.61. The van der Waals surface area contributed by atoms with E-state index in [9.17, 15) is 24.5 Å². The number of nitrogens with two attached hydrogens (primary N) is 1. The van der Waals surface area contributed by atoms with Crippen LogP contribution in [-0.2, 0) is 14.3 Å². The van der Waals surface area contributed by atoms with Crippen molar-refractivity contribution in [2.45, 2.75) is 29.7 Å².